The van der Waals surface area contributed by atoms with E-state index in [2.05, 4.69) is 21.9 Å². The van der Waals surface area contributed by atoms with Gasteiger partial charge in [0.05, 0.1) is 19.7 Å². The molecule has 2 saturated heterocycles. The van der Waals surface area contributed by atoms with E-state index in [0.717, 1.165) is 43.4 Å². The predicted octanol–water partition coefficient (Wildman–Crippen LogP) is 2.20. The van der Waals surface area contributed by atoms with Gasteiger partial charge >= 0.3 is 0 Å². The van der Waals surface area contributed by atoms with Crippen LogP contribution in [0.5, 0.6) is 5.75 Å². The van der Waals surface area contributed by atoms with Gasteiger partial charge < -0.3 is 15.4 Å². The topological polar surface area (TPSA) is 54.1 Å². The average Bonchev–Trinajstić information content (AvgIpc) is 3.17. The van der Waals surface area contributed by atoms with Crippen molar-refractivity contribution in [3.63, 3.8) is 0 Å². The summed E-state index contributed by atoms with van der Waals surface area (Å²) in [6, 6.07) is 8.53. The number of methoxy groups -OCH3 is 1. The van der Waals surface area contributed by atoms with E-state index in [1.807, 2.05) is 23.9 Å². The molecular formula is C18H28N4OS. The minimum Gasteiger partial charge on any atom is -0.496 e. The van der Waals surface area contributed by atoms with E-state index in [1.54, 1.807) is 7.11 Å². The van der Waals surface area contributed by atoms with Crippen LogP contribution in [0, 0.1) is 0 Å². The van der Waals surface area contributed by atoms with Gasteiger partial charge in [-0.2, -0.15) is 11.8 Å². The maximum Gasteiger partial charge on any atom is 0.191 e. The number of thioether (sulfide) groups is 1. The van der Waals surface area contributed by atoms with Crippen LogP contribution in [0.3, 0.4) is 0 Å². The molecular weight excluding hydrogens is 320 g/mol. The molecule has 1 aromatic carbocycles. The molecule has 2 aliphatic rings. The highest BCUT2D eigenvalue weighted by atomic mass is 32.2. The van der Waals surface area contributed by atoms with Crippen molar-refractivity contribution in [2.75, 3.05) is 51.3 Å². The molecule has 0 saturated carbocycles. The van der Waals surface area contributed by atoms with Crippen LogP contribution < -0.4 is 10.5 Å². The largest absolute Gasteiger partial charge is 0.496 e. The van der Waals surface area contributed by atoms with Crippen molar-refractivity contribution in [3.8, 4) is 5.75 Å². The Morgan fingerprint density at radius 1 is 1.21 bits per heavy atom. The summed E-state index contributed by atoms with van der Waals surface area (Å²) in [7, 11) is 1.74. The highest BCUT2D eigenvalue weighted by Gasteiger charge is 2.26. The summed E-state index contributed by atoms with van der Waals surface area (Å²) in [4.78, 5) is 9.48. The van der Waals surface area contributed by atoms with Crippen LogP contribution >= 0.6 is 11.8 Å². The maximum atomic E-state index is 6.26. The summed E-state index contributed by atoms with van der Waals surface area (Å²) in [6.07, 6.45) is 2.52. The van der Waals surface area contributed by atoms with Gasteiger partial charge in [-0.3, -0.25) is 9.89 Å². The molecule has 0 radical (unpaired) electrons. The van der Waals surface area contributed by atoms with Crippen molar-refractivity contribution >= 4 is 17.7 Å². The Bertz CT molecular complexity index is 554. The fourth-order valence-corrected chi connectivity index (χ4v) is 4.38. The van der Waals surface area contributed by atoms with Crippen LogP contribution in [0.1, 0.15) is 24.4 Å². The molecule has 0 spiro atoms. The molecule has 2 aliphatic heterocycles. The van der Waals surface area contributed by atoms with Crippen LogP contribution in [-0.2, 0) is 0 Å². The van der Waals surface area contributed by atoms with Crippen molar-refractivity contribution in [2.24, 2.45) is 10.7 Å². The molecule has 1 atom stereocenters. The second-order valence-electron chi connectivity index (χ2n) is 6.30. The van der Waals surface area contributed by atoms with Crippen molar-refractivity contribution in [1.82, 2.24) is 9.80 Å². The fraction of sp³-hybridized carbons (Fsp3) is 0.611. The van der Waals surface area contributed by atoms with Gasteiger partial charge in [0.15, 0.2) is 5.96 Å². The molecule has 3 rings (SSSR count). The number of hydrogen-bond donors (Lipinski definition) is 1. The summed E-state index contributed by atoms with van der Waals surface area (Å²) < 4.78 is 5.59. The standard InChI is InChI=1S/C18H28N4OS/c1-23-17-7-3-2-6-15(17)16(21-8-4-5-9-21)14-20-18(19)22-10-12-24-13-11-22/h2-3,6-7,16H,4-5,8-14H2,1H3,(H2,19,20). The lowest BCUT2D eigenvalue weighted by molar-refractivity contribution is 0.245. The van der Waals surface area contributed by atoms with E-state index in [9.17, 15) is 0 Å². The first kappa shape index (κ1) is 17.4. The zero-order chi connectivity index (χ0) is 16.8. The third-order valence-corrected chi connectivity index (χ3v) is 5.78. The molecule has 0 bridgehead atoms. The van der Waals surface area contributed by atoms with Crippen molar-refractivity contribution in [3.05, 3.63) is 29.8 Å². The van der Waals surface area contributed by atoms with Crippen LogP contribution in [-0.4, -0.2) is 67.1 Å². The van der Waals surface area contributed by atoms with E-state index in [-0.39, 0.29) is 6.04 Å². The van der Waals surface area contributed by atoms with Gasteiger partial charge in [0, 0.05) is 30.2 Å². The molecule has 5 nitrogen and oxygen atoms in total. The van der Waals surface area contributed by atoms with Crippen LogP contribution in [0.2, 0.25) is 0 Å². The molecule has 24 heavy (non-hydrogen) atoms. The zero-order valence-corrected chi connectivity index (χ0v) is 15.3. The lowest BCUT2D eigenvalue weighted by atomic mass is 10.0. The average molecular weight is 349 g/mol. The van der Waals surface area contributed by atoms with E-state index < -0.39 is 0 Å². The molecule has 6 heteroatoms. The number of likely N-dealkylation sites (tertiary alicyclic amines) is 1. The Morgan fingerprint density at radius 3 is 2.62 bits per heavy atom. The van der Waals surface area contributed by atoms with Crippen molar-refractivity contribution in [2.45, 2.75) is 18.9 Å². The van der Waals surface area contributed by atoms with Crippen molar-refractivity contribution < 1.29 is 4.74 Å². The van der Waals surface area contributed by atoms with E-state index >= 15 is 0 Å². The fourth-order valence-electron chi connectivity index (χ4n) is 3.48. The third-order valence-electron chi connectivity index (χ3n) is 4.84. The number of aliphatic imine (C=N–C) groups is 1. The Morgan fingerprint density at radius 2 is 1.92 bits per heavy atom. The lowest BCUT2D eigenvalue weighted by Gasteiger charge is -2.30. The molecule has 1 aromatic rings. The lowest BCUT2D eigenvalue weighted by Crippen LogP contribution is -2.43. The Balaban J connectivity index is 1.77. The summed E-state index contributed by atoms with van der Waals surface area (Å²) >= 11 is 1.99. The molecule has 0 aromatic heterocycles. The normalized spacial score (nSPS) is 21.0. The first-order chi connectivity index (χ1) is 11.8. The quantitative estimate of drug-likeness (QED) is 0.653. The predicted molar refractivity (Wildman–Crippen MR) is 102 cm³/mol. The first-order valence-corrected chi connectivity index (χ1v) is 9.94. The monoisotopic (exact) mass is 348 g/mol. The summed E-state index contributed by atoms with van der Waals surface area (Å²) in [5.74, 6) is 3.91. The first-order valence-electron chi connectivity index (χ1n) is 8.79. The highest BCUT2D eigenvalue weighted by Crippen LogP contribution is 2.31. The SMILES string of the molecule is COc1ccccc1C(CN=C(N)N1CCSCC1)N1CCCC1. The summed E-state index contributed by atoms with van der Waals surface area (Å²) in [5.41, 5.74) is 7.48. The van der Waals surface area contributed by atoms with Gasteiger partial charge in [-0.25, -0.2) is 0 Å². The van der Waals surface area contributed by atoms with E-state index in [4.69, 9.17) is 15.5 Å². The molecule has 0 amide bonds. The van der Waals surface area contributed by atoms with Gasteiger partial charge in [0.1, 0.15) is 5.75 Å². The molecule has 2 heterocycles. The maximum absolute atomic E-state index is 6.26. The number of benzene rings is 1. The summed E-state index contributed by atoms with van der Waals surface area (Å²) in [5, 5.41) is 0. The van der Waals surface area contributed by atoms with Gasteiger partial charge in [0.25, 0.3) is 0 Å². The molecule has 2 fully saturated rings. The van der Waals surface area contributed by atoms with Gasteiger partial charge in [-0.05, 0) is 32.0 Å². The number of para-hydroxylation sites is 1. The van der Waals surface area contributed by atoms with Crippen LogP contribution in [0.15, 0.2) is 29.3 Å². The molecule has 1 unspecified atom stereocenters. The number of guanidine groups is 1. The van der Waals surface area contributed by atoms with Crippen molar-refractivity contribution in [1.29, 1.82) is 0 Å². The number of ether oxygens (including phenoxy) is 1. The highest BCUT2D eigenvalue weighted by molar-refractivity contribution is 7.99. The van der Waals surface area contributed by atoms with E-state index in [1.165, 1.54) is 18.4 Å². The molecule has 0 aliphatic carbocycles. The molecule has 2 N–H and O–H groups in total. The minimum atomic E-state index is 0.237. The number of hydrogen-bond acceptors (Lipinski definition) is 4. The van der Waals surface area contributed by atoms with Crippen LogP contribution in [0.25, 0.3) is 0 Å². The Hall–Kier alpha value is -1.40. The number of nitrogens with two attached hydrogens (primary N) is 1. The molecule has 132 valence electrons. The van der Waals surface area contributed by atoms with Gasteiger partial charge in [0.2, 0.25) is 0 Å². The number of rotatable bonds is 5. The smallest absolute Gasteiger partial charge is 0.191 e. The van der Waals surface area contributed by atoms with E-state index in [0.29, 0.717) is 12.5 Å². The summed E-state index contributed by atoms with van der Waals surface area (Å²) in [6.45, 7) is 4.94. The van der Waals surface area contributed by atoms with Gasteiger partial charge in [-0.1, -0.05) is 18.2 Å². The second-order valence-corrected chi connectivity index (χ2v) is 7.52. The second kappa shape index (κ2) is 8.62. The minimum absolute atomic E-state index is 0.237. The number of nitrogens with zero attached hydrogens (tertiary/aromatic N) is 3. The van der Waals surface area contributed by atoms with Crippen LogP contribution in [0.4, 0.5) is 0 Å². The Labute approximate surface area is 149 Å². The Kier molecular flexibility index (Phi) is 6.26. The third kappa shape index (κ3) is 4.16. The van der Waals surface area contributed by atoms with Gasteiger partial charge in [-0.15, -0.1) is 0 Å². The zero-order valence-electron chi connectivity index (χ0n) is 14.5.